The molecule has 2 N–H and O–H groups in total. The Morgan fingerprint density at radius 1 is 1.28 bits per heavy atom. The molecule has 0 aromatic rings. The molecule has 5 heteroatoms. The van der Waals surface area contributed by atoms with Gasteiger partial charge in [-0.25, -0.2) is 4.79 Å². The van der Waals surface area contributed by atoms with E-state index in [1.54, 1.807) is 6.92 Å². The molecule has 0 spiro atoms. The van der Waals surface area contributed by atoms with Gasteiger partial charge in [0, 0.05) is 12.6 Å². The van der Waals surface area contributed by atoms with Crippen molar-refractivity contribution >= 4 is 12.0 Å². The second-order valence-electron chi connectivity index (χ2n) is 4.82. The first-order valence-electron chi connectivity index (χ1n) is 6.83. The first kappa shape index (κ1) is 14.8. The Balaban J connectivity index is 2.15. The highest BCUT2D eigenvalue weighted by Crippen LogP contribution is 2.23. The van der Waals surface area contributed by atoms with Crippen LogP contribution in [0.15, 0.2) is 0 Å². The molecule has 1 aliphatic rings. The number of ether oxygens (including phenoxy) is 1. The van der Waals surface area contributed by atoms with E-state index >= 15 is 0 Å². The number of hydrogen-bond acceptors (Lipinski definition) is 3. The lowest BCUT2D eigenvalue weighted by Gasteiger charge is -2.29. The second-order valence-corrected chi connectivity index (χ2v) is 4.82. The van der Waals surface area contributed by atoms with Crippen molar-refractivity contribution in [2.24, 2.45) is 5.92 Å². The van der Waals surface area contributed by atoms with Crippen LogP contribution in [-0.2, 0) is 9.53 Å². The summed E-state index contributed by atoms with van der Waals surface area (Å²) >= 11 is 0. The third kappa shape index (κ3) is 5.38. The van der Waals surface area contributed by atoms with Gasteiger partial charge in [0.25, 0.3) is 0 Å². The van der Waals surface area contributed by atoms with Crippen LogP contribution in [0.3, 0.4) is 0 Å². The van der Waals surface area contributed by atoms with Crippen LogP contribution in [0.25, 0.3) is 0 Å². The Labute approximate surface area is 109 Å². The molecule has 2 amide bonds. The molecule has 1 saturated carbocycles. The second kappa shape index (κ2) is 7.95. The van der Waals surface area contributed by atoms with E-state index in [0.29, 0.717) is 19.1 Å². The van der Waals surface area contributed by atoms with Gasteiger partial charge in [-0.15, -0.1) is 0 Å². The number of rotatable bonds is 5. The summed E-state index contributed by atoms with van der Waals surface area (Å²) in [6.07, 6.45) is 4.88. The standard InChI is InChI=1S/C13H24N2O3/c1-3-18-12(16)8-9-14-13(17)15-11-7-5-4-6-10(11)2/h10-11H,3-9H2,1-2H3,(H2,14,15,17)/t10-,11+/m0/s1. The average molecular weight is 256 g/mol. The number of carbonyl (C=O) groups is 2. The predicted octanol–water partition coefficient (Wildman–Crippen LogP) is 1.82. The van der Waals surface area contributed by atoms with Gasteiger partial charge in [-0.3, -0.25) is 4.79 Å². The lowest BCUT2D eigenvalue weighted by molar-refractivity contribution is -0.142. The number of esters is 1. The number of hydrogen-bond donors (Lipinski definition) is 2. The van der Waals surface area contributed by atoms with Crippen LogP contribution in [0.2, 0.25) is 0 Å². The highest BCUT2D eigenvalue weighted by Gasteiger charge is 2.22. The van der Waals surface area contributed by atoms with Gasteiger partial charge in [0.05, 0.1) is 13.0 Å². The van der Waals surface area contributed by atoms with Crippen LogP contribution in [0, 0.1) is 5.92 Å². The van der Waals surface area contributed by atoms with Gasteiger partial charge >= 0.3 is 12.0 Å². The fourth-order valence-corrected chi connectivity index (χ4v) is 2.26. The van der Waals surface area contributed by atoms with E-state index in [1.807, 2.05) is 0 Å². The fourth-order valence-electron chi connectivity index (χ4n) is 2.26. The maximum Gasteiger partial charge on any atom is 0.315 e. The van der Waals surface area contributed by atoms with E-state index in [9.17, 15) is 9.59 Å². The fraction of sp³-hybridized carbons (Fsp3) is 0.846. The van der Waals surface area contributed by atoms with Gasteiger partial charge < -0.3 is 15.4 Å². The molecule has 0 aromatic heterocycles. The molecule has 0 bridgehead atoms. The molecule has 0 saturated heterocycles. The van der Waals surface area contributed by atoms with Crippen LogP contribution < -0.4 is 10.6 Å². The van der Waals surface area contributed by atoms with Gasteiger partial charge in [-0.2, -0.15) is 0 Å². The Kier molecular flexibility index (Phi) is 6.54. The molecule has 1 rings (SSSR count). The molecule has 0 aliphatic heterocycles. The highest BCUT2D eigenvalue weighted by atomic mass is 16.5. The summed E-state index contributed by atoms with van der Waals surface area (Å²) in [6, 6.07) is 0.0828. The molecule has 2 atom stereocenters. The minimum Gasteiger partial charge on any atom is -0.466 e. The van der Waals surface area contributed by atoms with Crippen molar-refractivity contribution in [3.8, 4) is 0 Å². The maximum absolute atomic E-state index is 11.6. The zero-order valence-electron chi connectivity index (χ0n) is 11.3. The molecule has 5 nitrogen and oxygen atoms in total. The van der Waals surface area contributed by atoms with Crippen molar-refractivity contribution in [1.29, 1.82) is 0 Å². The molecule has 0 radical (unpaired) electrons. The molecule has 0 aromatic carbocycles. The van der Waals surface area contributed by atoms with Gasteiger partial charge in [0.15, 0.2) is 0 Å². The molecule has 0 heterocycles. The molecule has 0 unspecified atom stereocenters. The topological polar surface area (TPSA) is 67.4 Å². The Morgan fingerprint density at radius 3 is 2.67 bits per heavy atom. The van der Waals surface area contributed by atoms with E-state index in [-0.39, 0.29) is 24.5 Å². The van der Waals surface area contributed by atoms with Crippen molar-refractivity contribution in [1.82, 2.24) is 10.6 Å². The zero-order valence-corrected chi connectivity index (χ0v) is 11.3. The summed E-state index contributed by atoms with van der Waals surface area (Å²) in [5.74, 6) is 0.262. The summed E-state index contributed by atoms with van der Waals surface area (Å²) in [4.78, 5) is 22.7. The van der Waals surface area contributed by atoms with E-state index in [1.165, 1.54) is 19.3 Å². The SMILES string of the molecule is CCOC(=O)CCNC(=O)N[C@@H]1CCCC[C@@H]1C. The molecule has 104 valence electrons. The van der Waals surface area contributed by atoms with E-state index in [0.717, 1.165) is 6.42 Å². The predicted molar refractivity (Wildman–Crippen MR) is 69.2 cm³/mol. The van der Waals surface area contributed by atoms with Crippen LogP contribution in [0.1, 0.15) is 46.0 Å². The van der Waals surface area contributed by atoms with Gasteiger partial charge in [-0.05, 0) is 25.7 Å². The van der Waals surface area contributed by atoms with Gasteiger partial charge in [0.2, 0.25) is 0 Å². The maximum atomic E-state index is 11.6. The zero-order chi connectivity index (χ0) is 13.4. The number of nitrogens with one attached hydrogen (secondary N) is 2. The summed E-state index contributed by atoms with van der Waals surface area (Å²) in [5, 5.41) is 5.66. The normalized spacial score (nSPS) is 23.2. The number of amides is 2. The molecule has 1 fully saturated rings. The van der Waals surface area contributed by atoms with Crippen molar-refractivity contribution in [3.05, 3.63) is 0 Å². The summed E-state index contributed by atoms with van der Waals surface area (Å²) in [6.45, 7) is 4.64. The summed E-state index contributed by atoms with van der Waals surface area (Å²) < 4.78 is 4.78. The number of urea groups is 1. The lowest BCUT2D eigenvalue weighted by Crippen LogP contribution is -2.46. The Hall–Kier alpha value is -1.26. The van der Waals surface area contributed by atoms with Crippen molar-refractivity contribution in [2.45, 2.75) is 52.0 Å². The first-order chi connectivity index (χ1) is 8.63. The third-order valence-corrected chi connectivity index (χ3v) is 3.35. The number of carbonyl (C=O) groups excluding carboxylic acids is 2. The van der Waals surface area contributed by atoms with E-state index in [4.69, 9.17) is 4.74 Å². The average Bonchev–Trinajstić information content (AvgIpc) is 2.32. The molecular formula is C13H24N2O3. The van der Waals surface area contributed by atoms with Gasteiger partial charge in [-0.1, -0.05) is 19.8 Å². The Bertz CT molecular complexity index is 281. The first-order valence-corrected chi connectivity index (χ1v) is 6.83. The third-order valence-electron chi connectivity index (χ3n) is 3.35. The van der Waals surface area contributed by atoms with Crippen LogP contribution in [-0.4, -0.2) is 31.2 Å². The van der Waals surface area contributed by atoms with Crippen LogP contribution in [0.4, 0.5) is 4.79 Å². The van der Waals surface area contributed by atoms with Crippen molar-refractivity contribution < 1.29 is 14.3 Å². The minimum atomic E-state index is -0.274. The van der Waals surface area contributed by atoms with Gasteiger partial charge in [0.1, 0.15) is 0 Å². The quantitative estimate of drug-likeness (QED) is 0.737. The molecule has 1 aliphatic carbocycles. The van der Waals surface area contributed by atoms with E-state index in [2.05, 4.69) is 17.6 Å². The molecular weight excluding hydrogens is 232 g/mol. The highest BCUT2D eigenvalue weighted by molar-refractivity contribution is 5.75. The molecule has 18 heavy (non-hydrogen) atoms. The minimum absolute atomic E-state index is 0.182. The summed E-state index contributed by atoms with van der Waals surface area (Å²) in [5.41, 5.74) is 0. The largest absolute Gasteiger partial charge is 0.466 e. The lowest BCUT2D eigenvalue weighted by atomic mass is 9.86. The van der Waals surface area contributed by atoms with Crippen molar-refractivity contribution in [2.75, 3.05) is 13.2 Å². The van der Waals surface area contributed by atoms with E-state index < -0.39 is 0 Å². The smallest absolute Gasteiger partial charge is 0.315 e. The van der Waals surface area contributed by atoms with Crippen molar-refractivity contribution in [3.63, 3.8) is 0 Å². The van der Waals surface area contributed by atoms with Crippen LogP contribution in [0.5, 0.6) is 0 Å². The van der Waals surface area contributed by atoms with Crippen LogP contribution >= 0.6 is 0 Å². The monoisotopic (exact) mass is 256 g/mol. The Morgan fingerprint density at radius 2 is 2.00 bits per heavy atom. The summed E-state index contributed by atoms with van der Waals surface area (Å²) in [7, 11) is 0.